The minimum atomic E-state index is -0.0819. The summed E-state index contributed by atoms with van der Waals surface area (Å²) in [5, 5.41) is 26.7. The molecule has 0 rings (SSSR count). The number of unbranched alkanes of at least 4 members (excludes halogenated alkanes) is 1. The minimum Gasteiger partial charge on any atom is -0.396 e. The van der Waals surface area contributed by atoms with E-state index in [2.05, 4.69) is 6.92 Å². The van der Waals surface area contributed by atoms with Gasteiger partial charge in [-0.3, -0.25) is 0 Å². The molecule has 1 atom stereocenters. The Kier molecular flexibility index (Phi) is 7.99. The van der Waals surface area contributed by atoms with E-state index in [4.69, 9.17) is 15.3 Å². The molecule has 0 heterocycles. The summed E-state index contributed by atoms with van der Waals surface area (Å²) in [6, 6.07) is 0. The van der Waals surface area contributed by atoms with Gasteiger partial charge < -0.3 is 15.3 Å². The maximum atomic E-state index is 9.02. The van der Waals surface area contributed by atoms with Crippen LogP contribution in [-0.4, -0.2) is 35.1 Å². The Morgan fingerprint density at radius 3 is 2.38 bits per heavy atom. The van der Waals surface area contributed by atoms with Crippen molar-refractivity contribution in [2.24, 2.45) is 5.92 Å². The number of rotatable bonds is 7. The van der Waals surface area contributed by atoms with E-state index in [0.717, 1.165) is 18.4 Å². The van der Waals surface area contributed by atoms with Gasteiger partial charge in [0.25, 0.3) is 0 Å². The normalized spacial score (nSPS) is 14.6. The Morgan fingerprint density at radius 1 is 1.31 bits per heavy atom. The minimum absolute atomic E-state index is 0.00331. The maximum absolute atomic E-state index is 9.02. The van der Waals surface area contributed by atoms with E-state index in [1.807, 2.05) is 6.08 Å². The quantitative estimate of drug-likeness (QED) is 0.515. The smallest absolute Gasteiger partial charge is 0.0645 e. The molecule has 78 valence electrons. The third-order valence-corrected chi connectivity index (χ3v) is 2.10. The summed E-state index contributed by atoms with van der Waals surface area (Å²) in [7, 11) is 0. The molecule has 0 radical (unpaired) electrons. The van der Waals surface area contributed by atoms with E-state index in [-0.39, 0.29) is 25.7 Å². The Labute approximate surface area is 79.7 Å². The molecule has 0 aliphatic heterocycles. The van der Waals surface area contributed by atoms with Crippen LogP contribution in [0.5, 0.6) is 0 Å². The average molecular weight is 188 g/mol. The molecule has 0 aliphatic carbocycles. The Morgan fingerprint density at radius 2 is 2.00 bits per heavy atom. The van der Waals surface area contributed by atoms with Crippen molar-refractivity contribution >= 4 is 0 Å². The highest BCUT2D eigenvalue weighted by atomic mass is 16.3. The van der Waals surface area contributed by atoms with E-state index in [1.54, 1.807) is 0 Å². The first kappa shape index (κ1) is 12.6. The Bertz CT molecular complexity index is 143. The highest BCUT2D eigenvalue weighted by Gasteiger charge is 2.11. The predicted octanol–water partition coefficient (Wildman–Crippen LogP) is 0.696. The lowest BCUT2D eigenvalue weighted by Gasteiger charge is -2.15. The second-order valence-corrected chi connectivity index (χ2v) is 3.12. The van der Waals surface area contributed by atoms with Gasteiger partial charge in [-0.25, -0.2) is 0 Å². The summed E-state index contributed by atoms with van der Waals surface area (Å²) < 4.78 is 0. The lowest BCUT2D eigenvalue weighted by molar-refractivity contribution is 0.189. The van der Waals surface area contributed by atoms with Crippen LogP contribution in [0.2, 0.25) is 0 Å². The fourth-order valence-electron chi connectivity index (χ4n) is 1.24. The number of aliphatic hydroxyl groups excluding tert-OH is 3. The topological polar surface area (TPSA) is 60.7 Å². The van der Waals surface area contributed by atoms with Crippen LogP contribution in [0, 0.1) is 5.92 Å². The predicted molar refractivity (Wildman–Crippen MR) is 52.4 cm³/mol. The van der Waals surface area contributed by atoms with Gasteiger partial charge in [-0.15, -0.1) is 0 Å². The van der Waals surface area contributed by atoms with Gasteiger partial charge in [0.05, 0.1) is 6.61 Å². The van der Waals surface area contributed by atoms with Gasteiger partial charge in [-0.2, -0.15) is 0 Å². The van der Waals surface area contributed by atoms with Crippen molar-refractivity contribution < 1.29 is 15.3 Å². The number of hydrogen-bond acceptors (Lipinski definition) is 3. The lowest BCUT2D eigenvalue weighted by atomic mass is 9.96. The van der Waals surface area contributed by atoms with E-state index >= 15 is 0 Å². The molecule has 3 N–H and O–H groups in total. The zero-order valence-electron chi connectivity index (χ0n) is 8.24. The molecule has 1 unspecified atom stereocenters. The first-order chi connectivity index (χ1) is 6.29. The fourth-order valence-corrected chi connectivity index (χ4v) is 1.24. The summed E-state index contributed by atoms with van der Waals surface area (Å²) in [4.78, 5) is 0. The van der Waals surface area contributed by atoms with Gasteiger partial charge in [-0.05, 0) is 18.4 Å². The van der Waals surface area contributed by atoms with Crippen LogP contribution < -0.4 is 0 Å². The van der Waals surface area contributed by atoms with Crippen molar-refractivity contribution in [3.63, 3.8) is 0 Å². The molecule has 0 aromatic heterocycles. The van der Waals surface area contributed by atoms with Gasteiger partial charge in [0.1, 0.15) is 0 Å². The van der Waals surface area contributed by atoms with Crippen molar-refractivity contribution in [2.75, 3.05) is 19.8 Å². The van der Waals surface area contributed by atoms with E-state index in [0.29, 0.717) is 6.42 Å². The molecule has 3 nitrogen and oxygen atoms in total. The maximum Gasteiger partial charge on any atom is 0.0645 e. The van der Waals surface area contributed by atoms with Crippen LogP contribution in [0.25, 0.3) is 0 Å². The highest BCUT2D eigenvalue weighted by Crippen LogP contribution is 2.15. The van der Waals surface area contributed by atoms with Gasteiger partial charge in [0.15, 0.2) is 0 Å². The molecule has 0 saturated heterocycles. The third kappa shape index (κ3) is 5.03. The first-order valence-corrected chi connectivity index (χ1v) is 4.81. The molecule has 0 aromatic carbocycles. The molecule has 0 spiro atoms. The molecule has 0 saturated carbocycles. The Hall–Kier alpha value is -0.380. The summed E-state index contributed by atoms with van der Waals surface area (Å²) in [6.45, 7) is 2.09. The van der Waals surface area contributed by atoms with Crippen LogP contribution in [0.3, 0.4) is 0 Å². The average Bonchev–Trinajstić information content (AvgIpc) is 2.17. The van der Waals surface area contributed by atoms with E-state index < -0.39 is 0 Å². The second-order valence-electron chi connectivity index (χ2n) is 3.12. The molecule has 0 fully saturated rings. The van der Waals surface area contributed by atoms with Crippen molar-refractivity contribution in [2.45, 2.75) is 26.2 Å². The van der Waals surface area contributed by atoms with Crippen LogP contribution in [0.1, 0.15) is 26.2 Å². The molecular formula is C10H20O3. The number of hydrogen-bond donors (Lipinski definition) is 3. The molecular weight excluding hydrogens is 168 g/mol. The van der Waals surface area contributed by atoms with Crippen molar-refractivity contribution in [1.29, 1.82) is 0 Å². The standard InChI is InChI=1S/C10H20O3/c1-2-3-4-9(7-12)10(8-13)5-6-11/h4,10-13H,2-3,5-8H2,1H3/b9-4-. The van der Waals surface area contributed by atoms with Crippen molar-refractivity contribution in [3.05, 3.63) is 11.6 Å². The van der Waals surface area contributed by atoms with Crippen LogP contribution >= 0.6 is 0 Å². The first-order valence-electron chi connectivity index (χ1n) is 4.81. The summed E-state index contributed by atoms with van der Waals surface area (Å²) in [5.74, 6) is -0.0819. The van der Waals surface area contributed by atoms with Crippen LogP contribution in [0.15, 0.2) is 11.6 Å². The van der Waals surface area contributed by atoms with E-state index in [9.17, 15) is 0 Å². The summed E-state index contributed by atoms with van der Waals surface area (Å²) >= 11 is 0. The SMILES string of the molecule is CCC/C=C(/CO)C(CO)CCO. The zero-order chi connectivity index (χ0) is 10.1. The molecule has 3 heteroatoms. The largest absolute Gasteiger partial charge is 0.396 e. The Balaban J connectivity index is 4.15. The van der Waals surface area contributed by atoms with Crippen molar-refractivity contribution in [1.82, 2.24) is 0 Å². The summed E-state index contributed by atoms with van der Waals surface area (Å²) in [6.07, 6.45) is 4.42. The molecule has 0 aliphatic rings. The third-order valence-electron chi connectivity index (χ3n) is 2.10. The zero-order valence-corrected chi connectivity index (χ0v) is 8.24. The molecule has 0 aromatic rings. The van der Waals surface area contributed by atoms with Gasteiger partial charge in [0.2, 0.25) is 0 Å². The van der Waals surface area contributed by atoms with E-state index in [1.165, 1.54) is 0 Å². The van der Waals surface area contributed by atoms with Crippen molar-refractivity contribution in [3.8, 4) is 0 Å². The molecule has 0 bridgehead atoms. The molecule has 13 heavy (non-hydrogen) atoms. The summed E-state index contributed by atoms with van der Waals surface area (Å²) in [5.41, 5.74) is 0.846. The second kappa shape index (κ2) is 8.23. The van der Waals surface area contributed by atoms with Gasteiger partial charge in [0, 0.05) is 19.1 Å². The van der Waals surface area contributed by atoms with Gasteiger partial charge >= 0.3 is 0 Å². The number of aliphatic hydroxyl groups is 3. The molecule has 0 amide bonds. The fraction of sp³-hybridized carbons (Fsp3) is 0.800. The monoisotopic (exact) mass is 188 g/mol. The van der Waals surface area contributed by atoms with Gasteiger partial charge in [-0.1, -0.05) is 19.4 Å². The highest BCUT2D eigenvalue weighted by molar-refractivity contribution is 5.07. The van der Waals surface area contributed by atoms with Crippen LogP contribution in [-0.2, 0) is 0 Å². The number of allylic oxidation sites excluding steroid dienone is 1. The van der Waals surface area contributed by atoms with Crippen LogP contribution in [0.4, 0.5) is 0 Å². The lowest BCUT2D eigenvalue weighted by Crippen LogP contribution is -2.14.